The fourth-order valence-corrected chi connectivity index (χ4v) is 3.16. The van der Waals surface area contributed by atoms with Crippen molar-refractivity contribution in [2.24, 2.45) is 16.5 Å². The number of methoxy groups -OCH3 is 1. The second-order valence-corrected chi connectivity index (χ2v) is 6.57. The molecule has 7 heteroatoms. The van der Waals surface area contributed by atoms with Gasteiger partial charge in [-0.15, -0.1) is 0 Å². The lowest BCUT2D eigenvalue weighted by Crippen LogP contribution is -2.47. The minimum atomic E-state index is -1.12. The van der Waals surface area contributed by atoms with E-state index in [1.54, 1.807) is 7.11 Å². The molecule has 0 saturated carbocycles. The normalized spacial score (nSPS) is 18.9. The Bertz CT molecular complexity index is 950. The van der Waals surface area contributed by atoms with Gasteiger partial charge in [0.15, 0.2) is 17.5 Å². The van der Waals surface area contributed by atoms with Crippen molar-refractivity contribution < 1.29 is 9.53 Å². The fourth-order valence-electron chi connectivity index (χ4n) is 3.16. The maximum absolute atomic E-state index is 11.8. The highest BCUT2D eigenvalue weighted by molar-refractivity contribution is 5.95. The van der Waals surface area contributed by atoms with Crippen molar-refractivity contribution in [1.82, 2.24) is 5.32 Å². The number of amides is 1. The van der Waals surface area contributed by atoms with Crippen molar-refractivity contribution in [3.63, 3.8) is 0 Å². The SMILES string of the molecule is CCC(=O)Nc1ccccc1-c1ccc(C2(N)N=C(N)NC(OC)=C2C)cc1. The third kappa shape index (κ3) is 3.57. The average molecular weight is 379 g/mol. The first-order chi connectivity index (χ1) is 13.4. The third-order valence-corrected chi connectivity index (χ3v) is 4.81. The lowest BCUT2D eigenvalue weighted by molar-refractivity contribution is -0.115. The van der Waals surface area contributed by atoms with Gasteiger partial charge in [-0.3, -0.25) is 15.8 Å². The van der Waals surface area contributed by atoms with E-state index in [0.717, 1.165) is 28.0 Å². The molecule has 2 aromatic carbocycles. The molecule has 28 heavy (non-hydrogen) atoms. The van der Waals surface area contributed by atoms with Crippen LogP contribution in [0.15, 0.2) is 65.0 Å². The zero-order valence-corrected chi connectivity index (χ0v) is 16.2. The Balaban J connectivity index is 1.98. The number of anilines is 1. The number of guanidine groups is 1. The summed E-state index contributed by atoms with van der Waals surface area (Å²) in [7, 11) is 1.55. The second-order valence-electron chi connectivity index (χ2n) is 6.57. The molecule has 0 fully saturated rings. The van der Waals surface area contributed by atoms with Crippen LogP contribution in [0.3, 0.4) is 0 Å². The molecule has 1 aliphatic rings. The van der Waals surface area contributed by atoms with Gasteiger partial charge in [0, 0.05) is 23.2 Å². The van der Waals surface area contributed by atoms with Crippen LogP contribution >= 0.6 is 0 Å². The zero-order chi connectivity index (χ0) is 20.3. The highest BCUT2D eigenvalue weighted by atomic mass is 16.5. The topological polar surface area (TPSA) is 115 Å². The van der Waals surface area contributed by atoms with E-state index in [1.807, 2.05) is 62.4 Å². The van der Waals surface area contributed by atoms with Crippen LogP contribution in [0.2, 0.25) is 0 Å². The number of rotatable bonds is 5. The maximum atomic E-state index is 11.8. The molecular formula is C21H25N5O2. The van der Waals surface area contributed by atoms with Gasteiger partial charge in [0.05, 0.1) is 7.11 Å². The number of nitrogens with one attached hydrogen (secondary N) is 2. The van der Waals surface area contributed by atoms with Crippen LogP contribution in [-0.4, -0.2) is 19.0 Å². The van der Waals surface area contributed by atoms with Gasteiger partial charge in [-0.2, -0.15) is 0 Å². The summed E-state index contributed by atoms with van der Waals surface area (Å²) in [6.45, 7) is 3.67. The van der Waals surface area contributed by atoms with Gasteiger partial charge in [0.25, 0.3) is 0 Å². The summed E-state index contributed by atoms with van der Waals surface area (Å²) in [6.07, 6.45) is 0.421. The van der Waals surface area contributed by atoms with Gasteiger partial charge in [-0.05, 0) is 24.1 Å². The molecule has 3 rings (SSSR count). The molecule has 1 amide bonds. The Kier molecular flexibility index (Phi) is 5.37. The van der Waals surface area contributed by atoms with E-state index < -0.39 is 5.66 Å². The van der Waals surface area contributed by atoms with Crippen LogP contribution in [0, 0.1) is 0 Å². The number of nitrogens with two attached hydrogens (primary N) is 2. The Morgan fingerprint density at radius 2 is 1.89 bits per heavy atom. The quantitative estimate of drug-likeness (QED) is 0.637. The van der Waals surface area contributed by atoms with Gasteiger partial charge in [-0.1, -0.05) is 49.4 Å². The lowest BCUT2D eigenvalue weighted by atomic mass is 9.91. The van der Waals surface area contributed by atoms with Crippen LogP contribution in [0.5, 0.6) is 0 Å². The monoisotopic (exact) mass is 379 g/mol. The molecule has 1 aliphatic heterocycles. The van der Waals surface area contributed by atoms with Gasteiger partial charge in [0.2, 0.25) is 5.91 Å². The van der Waals surface area contributed by atoms with E-state index in [0.29, 0.717) is 12.3 Å². The molecule has 0 saturated heterocycles. The first-order valence-corrected chi connectivity index (χ1v) is 9.05. The van der Waals surface area contributed by atoms with Crippen LogP contribution in [-0.2, 0) is 15.2 Å². The van der Waals surface area contributed by atoms with E-state index in [1.165, 1.54) is 0 Å². The first kappa shape index (κ1) is 19.4. The van der Waals surface area contributed by atoms with Gasteiger partial charge in [-0.25, -0.2) is 4.99 Å². The van der Waals surface area contributed by atoms with Crippen LogP contribution in [0.25, 0.3) is 11.1 Å². The fraction of sp³-hybridized carbons (Fsp3) is 0.238. The molecular weight excluding hydrogens is 354 g/mol. The van der Waals surface area contributed by atoms with Gasteiger partial charge in [0.1, 0.15) is 0 Å². The van der Waals surface area contributed by atoms with Gasteiger partial charge < -0.3 is 15.8 Å². The Morgan fingerprint density at radius 3 is 2.54 bits per heavy atom. The highest BCUT2D eigenvalue weighted by Crippen LogP contribution is 2.34. The molecule has 0 spiro atoms. The Labute approximate surface area is 164 Å². The minimum Gasteiger partial charge on any atom is -0.482 e. The molecule has 146 valence electrons. The molecule has 0 bridgehead atoms. The zero-order valence-electron chi connectivity index (χ0n) is 16.2. The molecule has 1 unspecified atom stereocenters. The summed E-state index contributed by atoms with van der Waals surface area (Å²) in [5.41, 5.74) is 15.5. The van der Waals surface area contributed by atoms with Crippen LogP contribution < -0.4 is 22.1 Å². The predicted molar refractivity (Wildman–Crippen MR) is 111 cm³/mol. The van der Waals surface area contributed by atoms with Crippen molar-refractivity contribution >= 4 is 17.6 Å². The predicted octanol–water partition coefficient (Wildman–Crippen LogP) is 2.61. The molecule has 1 atom stereocenters. The van der Waals surface area contributed by atoms with Crippen molar-refractivity contribution in [2.45, 2.75) is 25.9 Å². The van der Waals surface area contributed by atoms with E-state index in [2.05, 4.69) is 15.6 Å². The molecule has 0 radical (unpaired) electrons. The molecule has 0 aromatic heterocycles. The van der Waals surface area contributed by atoms with Crippen LogP contribution in [0.1, 0.15) is 25.8 Å². The lowest BCUT2D eigenvalue weighted by Gasteiger charge is -2.32. The average Bonchev–Trinajstić information content (AvgIpc) is 2.71. The summed E-state index contributed by atoms with van der Waals surface area (Å²) in [5.74, 6) is 0.658. The largest absolute Gasteiger partial charge is 0.482 e. The Hall–Kier alpha value is -3.32. The van der Waals surface area contributed by atoms with Crippen molar-refractivity contribution in [2.75, 3.05) is 12.4 Å². The number of para-hydroxylation sites is 1. The van der Waals surface area contributed by atoms with E-state index >= 15 is 0 Å². The third-order valence-electron chi connectivity index (χ3n) is 4.81. The number of hydrogen-bond acceptors (Lipinski definition) is 6. The maximum Gasteiger partial charge on any atom is 0.224 e. The second kappa shape index (κ2) is 7.74. The smallest absolute Gasteiger partial charge is 0.224 e. The molecule has 1 heterocycles. The number of carbonyl (C=O) groups is 1. The van der Waals surface area contributed by atoms with Crippen molar-refractivity contribution in [1.29, 1.82) is 0 Å². The number of ether oxygens (including phenoxy) is 1. The Morgan fingerprint density at radius 1 is 1.21 bits per heavy atom. The van der Waals surface area contributed by atoms with Crippen molar-refractivity contribution in [3.8, 4) is 11.1 Å². The van der Waals surface area contributed by atoms with Gasteiger partial charge >= 0.3 is 0 Å². The van der Waals surface area contributed by atoms with E-state index in [9.17, 15) is 4.79 Å². The number of carbonyl (C=O) groups excluding carboxylic acids is 1. The van der Waals surface area contributed by atoms with Crippen LogP contribution in [0.4, 0.5) is 5.69 Å². The summed E-state index contributed by atoms with van der Waals surface area (Å²) < 4.78 is 5.33. The number of nitrogens with zero attached hydrogens (tertiary/aromatic N) is 1. The number of hydrogen-bond donors (Lipinski definition) is 4. The standard InChI is InChI=1S/C21H25N5O2/c1-4-18(27)24-17-8-6-5-7-16(17)14-9-11-15(12-10-14)21(23)13(2)19(28-3)25-20(22)26-21/h5-12H,4,23H2,1-3H3,(H,24,27)(H3,22,25,26). The van der Waals surface area contributed by atoms with Crippen molar-refractivity contribution in [3.05, 3.63) is 65.6 Å². The number of benzene rings is 2. The number of aliphatic imine (C=N–C) groups is 1. The molecule has 7 nitrogen and oxygen atoms in total. The highest BCUT2D eigenvalue weighted by Gasteiger charge is 2.35. The molecule has 6 N–H and O–H groups in total. The van der Waals surface area contributed by atoms with E-state index in [-0.39, 0.29) is 11.9 Å². The summed E-state index contributed by atoms with van der Waals surface area (Å²) in [6, 6.07) is 15.4. The molecule has 0 aliphatic carbocycles. The van der Waals surface area contributed by atoms with E-state index in [4.69, 9.17) is 16.2 Å². The first-order valence-electron chi connectivity index (χ1n) is 9.05. The molecule has 2 aromatic rings. The summed E-state index contributed by atoms with van der Waals surface area (Å²) in [4.78, 5) is 16.2. The minimum absolute atomic E-state index is 0.0302. The summed E-state index contributed by atoms with van der Waals surface area (Å²) >= 11 is 0. The summed E-state index contributed by atoms with van der Waals surface area (Å²) in [5, 5.41) is 5.81.